The first-order chi connectivity index (χ1) is 13.9. The number of nitrogens with one attached hydrogen (secondary N) is 1. The standard InChI is InChI=1S/C19H23Cl2N5O2S/c1-3-10(2)26-14(6-7-22-26)18(27)23-11-8-12-4-5-13(9-11)25(12)19(28)16-15(20)17(21)24-29-16/h6-7,10-13H,3-5,8-9H2,1-2H3,(H,23,27)/t10?,11?,12-,13+. The molecule has 2 fully saturated rings. The van der Waals surface area contributed by atoms with Gasteiger partial charge in [-0.3, -0.25) is 14.3 Å². The Morgan fingerprint density at radius 1 is 1.31 bits per heavy atom. The van der Waals surface area contributed by atoms with E-state index in [2.05, 4.69) is 21.7 Å². The number of nitrogens with zero attached hydrogens (tertiary/aromatic N) is 4. The fourth-order valence-electron chi connectivity index (χ4n) is 4.41. The first kappa shape index (κ1) is 20.6. The van der Waals surface area contributed by atoms with Gasteiger partial charge in [0.2, 0.25) is 0 Å². The first-order valence-corrected chi connectivity index (χ1v) is 11.4. The molecule has 2 unspecified atom stereocenters. The van der Waals surface area contributed by atoms with E-state index in [1.807, 2.05) is 11.8 Å². The Labute approximate surface area is 183 Å². The average Bonchev–Trinajstić information content (AvgIpc) is 3.39. The summed E-state index contributed by atoms with van der Waals surface area (Å²) in [5.41, 5.74) is 0.580. The molecule has 0 aliphatic carbocycles. The number of aromatic nitrogens is 3. The van der Waals surface area contributed by atoms with Crippen molar-refractivity contribution in [2.24, 2.45) is 0 Å². The fourth-order valence-corrected chi connectivity index (χ4v) is 5.57. The Hall–Kier alpha value is -1.64. The largest absolute Gasteiger partial charge is 0.348 e. The molecule has 156 valence electrons. The monoisotopic (exact) mass is 455 g/mol. The van der Waals surface area contributed by atoms with E-state index >= 15 is 0 Å². The number of carbonyl (C=O) groups excluding carboxylic acids is 2. The van der Waals surface area contributed by atoms with Crippen LogP contribution in [0.5, 0.6) is 0 Å². The normalized spacial score (nSPS) is 24.6. The van der Waals surface area contributed by atoms with Gasteiger partial charge in [0.15, 0.2) is 5.15 Å². The van der Waals surface area contributed by atoms with Gasteiger partial charge in [-0.1, -0.05) is 30.1 Å². The number of fused-ring (bicyclic) bond motifs is 2. The second-order valence-electron chi connectivity index (χ2n) is 7.77. The molecule has 2 saturated heterocycles. The number of carbonyl (C=O) groups is 2. The summed E-state index contributed by atoms with van der Waals surface area (Å²) in [7, 11) is 0. The Balaban J connectivity index is 1.44. The summed E-state index contributed by atoms with van der Waals surface area (Å²) in [6.45, 7) is 4.12. The Bertz CT molecular complexity index is 916. The molecule has 2 aliphatic rings. The van der Waals surface area contributed by atoms with Gasteiger partial charge in [0.25, 0.3) is 11.8 Å². The Kier molecular flexibility index (Phi) is 5.86. The van der Waals surface area contributed by atoms with Crippen LogP contribution in [-0.2, 0) is 0 Å². The van der Waals surface area contributed by atoms with Crippen LogP contribution in [0.25, 0.3) is 0 Å². The van der Waals surface area contributed by atoms with Crippen molar-refractivity contribution in [3.63, 3.8) is 0 Å². The molecule has 0 radical (unpaired) electrons. The molecular weight excluding hydrogens is 433 g/mol. The topological polar surface area (TPSA) is 80.1 Å². The minimum Gasteiger partial charge on any atom is -0.348 e. The van der Waals surface area contributed by atoms with E-state index in [1.165, 1.54) is 0 Å². The van der Waals surface area contributed by atoms with Gasteiger partial charge in [-0.25, -0.2) is 0 Å². The summed E-state index contributed by atoms with van der Waals surface area (Å²) in [4.78, 5) is 28.2. The van der Waals surface area contributed by atoms with Crippen LogP contribution in [0.15, 0.2) is 12.3 Å². The SMILES string of the molecule is CCC(C)n1nccc1C(=O)NC1C[C@H]2CC[C@@H](C1)N2C(=O)c1snc(Cl)c1Cl. The molecule has 29 heavy (non-hydrogen) atoms. The fraction of sp³-hybridized carbons (Fsp3) is 0.579. The van der Waals surface area contributed by atoms with Crippen LogP contribution in [0.2, 0.25) is 10.2 Å². The maximum atomic E-state index is 13.0. The highest BCUT2D eigenvalue weighted by Gasteiger charge is 2.44. The van der Waals surface area contributed by atoms with E-state index in [0.717, 1.165) is 43.6 Å². The lowest BCUT2D eigenvalue weighted by molar-refractivity contribution is 0.0553. The van der Waals surface area contributed by atoms with Crippen LogP contribution in [0.1, 0.15) is 72.2 Å². The van der Waals surface area contributed by atoms with Gasteiger partial charge in [0, 0.05) is 30.4 Å². The van der Waals surface area contributed by atoms with Gasteiger partial charge in [-0.15, -0.1) is 0 Å². The van der Waals surface area contributed by atoms with Crippen LogP contribution in [0.4, 0.5) is 0 Å². The van der Waals surface area contributed by atoms with Crippen molar-refractivity contribution in [3.8, 4) is 0 Å². The van der Waals surface area contributed by atoms with Crippen molar-refractivity contribution >= 4 is 46.5 Å². The zero-order chi connectivity index (χ0) is 20.7. The molecule has 4 rings (SSSR count). The van der Waals surface area contributed by atoms with Crippen molar-refractivity contribution in [1.29, 1.82) is 0 Å². The van der Waals surface area contributed by atoms with Gasteiger partial charge < -0.3 is 10.2 Å². The van der Waals surface area contributed by atoms with Gasteiger partial charge in [0.05, 0.1) is 0 Å². The summed E-state index contributed by atoms with van der Waals surface area (Å²) in [6.07, 6.45) is 5.88. The van der Waals surface area contributed by atoms with Gasteiger partial charge in [-0.2, -0.15) is 9.47 Å². The molecule has 2 aliphatic heterocycles. The molecule has 2 bridgehead atoms. The van der Waals surface area contributed by atoms with Gasteiger partial charge in [-0.05, 0) is 56.6 Å². The number of amides is 2. The molecule has 2 aromatic heterocycles. The Morgan fingerprint density at radius 3 is 2.59 bits per heavy atom. The summed E-state index contributed by atoms with van der Waals surface area (Å²) >= 11 is 13.1. The third-order valence-electron chi connectivity index (χ3n) is 6.01. The summed E-state index contributed by atoms with van der Waals surface area (Å²) in [6, 6.07) is 2.12. The summed E-state index contributed by atoms with van der Waals surface area (Å²) in [5.74, 6) is -0.212. The maximum absolute atomic E-state index is 13.0. The van der Waals surface area contributed by atoms with Crippen molar-refractivity contribution in [2.75, 3.05) is 0 Å². The molecule has 4 heterocycles. The van der Waals surface area contributed by atoms with Crippen LogP contribution in [-0.4, -0.2) is 49.0 Å². The van der Waals surface area contributed by atoms with Crippen LogP contribution >= 0.6 is 34.7 Å². The van der Waals surface area contributed by atoms with Gasteiger partial charge in [0.1, 0.15) is 15.6 Å². The van der Waals surface area contributed by atoms with Crippen molar-refractivity contribution in [2.45, 2.75) is 70.1 Å². The molecule has 10 heteroatoms. The third-order valence-corrected chi connectivity index (χ3v) is 7.79. The molecular formula is C19H23Cl2N5O2S. The van der Waals surface area contributed by atoms with E-state index in [1.54, 1.807) is 16.9 Å². The number of piperidine rings is 1. The maximum Gasteiger partial charge on any atom is 0.269 e. The summed E-state index contributed by atoms with van der Waals surface area (Å²) < 4.78 is 5.75. The highest BCUT2D eigenvalue weighted by molar-refractivity contribution is 7.09. The van der Waals surface area contributed by atoms with Crippen molar-refractivity contribution in [3.05, 3.63) is 33.0 Å². The molecule has 4 atom stereocenters. The number of hydrogen-bond acceptors (Lipinski definition) is 5. The smallest absolute Gasteiger partial charge is 0.269 e. The van der Waals surface area contributed by atoms with Crippen LogP contribution in [0.3, 0.4) is 0 Å². The quantitative estimate of drug-likeness (QED) is 0.732. The van der Waals surface area contributed by atoms with E-state index in [9.17, 15) is 9.59 Å². The average molecular weight is 456 g/mol. The van der Waals surface area contributed by atoms with Gasteiger partial charge >= 0.3 is 0 Å². The zero-order valence-electron chi connectivity index (χ0n) is 16.3. The second kappa shape index (κ2) is 8.24. The number of hydrogen-bond donors (Lipinski definition) is 1. The van der Waals surface area contributed by atoms with Crippen LogP contribution in [0, 0.1) is 0 Å². The van der Waals surface area contributed by atoms with Crippen molar-refractivity contribution < 1.29 is 9.59 Å². The molecule has 0 aromatic carbocycles. The number of halogens is 2. The highest BCUT2D eigenvalue weighted by Crippen LogP contribution is 2.39. The molecule has 1 N–H and O–H groups in total. The summed E-state index contributed by atoms with van der Waals surface area (Å²) in [5, 5.41) is 7.86. The molecule has 0 spiro atoms. The van der Waals surface area contributed by atoms with E-state index in [4.69, 9.17) is 23.2 Å². The van der Waals surface area contributed by atoms with E-state index < -0.39 is 0 Å². The third kappa shape index (κ3) is 3.78. The first-order valence-electron chi connectivity index (χ1n) is 9.88. The Morgan fingerprint density at radius 2 is 2.00 bits per heavy atom. The molecule has 0 saturated carbocycles. The van der Waals surface area contributed by atoms with E-state index in [0.29, 0.717) is 10.6 Å². The van der Waals surface area contributed by atoms with Crippen molar-refractivity contribution in [1.82, 2.24) is 24.4 Å². The minimum absolute atomic E-state index is 0.0323. The predicted molar refractivity (Wildman–Crippen MR) is 113 cm³/mol. The van der Waals surface area contributed by atoms with Crippen LogP contribution < -0.4 is 5.32 Å². The molecule has 2 aromatic rings. The zero-order valence-corrected chi connectivity index (χ0v) is 18.6. The highest BCUT2D eigenvalue weighted by atomic mass is 35.5. The molecule has 2 amide bonds. The van der Waals surface area contributed by atoms with E-state index in [-0.39, 0.29) is 46.2 Å². The lowest BCUT2D eigenvalue weighted by atomic mass is 9.96. The minimum atomic E-state index is -0.107. The lowest BCUT2D eigenvalue weighted by Gasteiger charge is -2.39. The number of rotatable bonds is 5. The molecule has 7 nitrogen and oxygen atoms in total. The lowest BCUT2D eigenvalue weighted by Crippen LogP contribution is -2.52. The second-order valence-corrected chi connectivity index (χ2v) is 9.28. The predicted octanol–water partition coefficient (Wildman–Crippen LogP) is 4.18.